The zero-order chi connectivity index (χ0) is 21.3. The van der Waals surface area contributed by atoms with E-state index in [-0.39, 0.29) is 21.4 Å². The molecule has 6 N–H and O–H groups in total. The highest BCUT2D eigenvalue weighted by molar-refractivity contribution is 7.86. The Hall–Kier alpha value is -2.57. The van der Waals surface area contributed by atoms with Gasteiger partial charge in [0, 0.05) is 16.5 Å². The molecule has 0 bridgehead atoms. The summed E-state index contributed by atoms with van der Waals surface area (Å²) in [4.78, 5) is -0.976. The smallest absolute Gasteiger partial charge is 0.298 e. The van der Waals surface area contributed by atoms with Crippen molar-refractivity contribution in [3.8, 4) is 11.5 Å². The van der Waals surface area contributed by atoms with Crippen LogP contribution in [0.3, 0.4) is 0 Å². The van der Waals surface area contributed by atoms with E-state index >= 15 is 0 Å². The zero-order valence-electron chi connectivity index (χ0n) is 13.8. The maximum atomic E-state index is 11.0. The first-order valence-electron chi connectivity index (χ1n) is 7.25. The van der Waals surface area contributed by atoms with Gasteiger partial charge < -0.3 is 15.9 Å². The first kappa shape index (κ1) is 21.7. The lowest BCUT2D eigenvalue weighted by Gasteiger charge is -2.04. The highest BCUT2D eigenvalue weighted by Gasteiger charge is 2.18. The van der Waals surface area contributed by atoms with Gasteiger partial charge in [-0.05, 0) is 23.6 Å². The van der Waals surface area contributed by atoms with Gasteiger partial charge in [-0.1, -0.05) is 35.9 Å². The van der Waals surface area contributed by atoms with Crippen molar-refractivity contribution in [2.24, 2.45) is 0 Å². The standard InChI is InChI=1S/C10H8O4S.C6H6ClNO4S/c11-8-5-7-3-1-2-4-9(7)10(6-8)15(12,13)14;7-3-1-4(8)6(9)5(2-3)13(10,11)12/h1-6,11H,(H,12,13,14);1-2,9H,8H2,(H,10,11,12). The van der Waals surface area contributed by atoms with Gasteiger partial charge in [-0.25, -0.2) is 0 Å². The largest absolute Gasteiger partial charge is 0.508 e. The van der Waals surface area contributed by atoms with Crippen molar-refractivity contribution >= 4 is 48.3 Å². The van der Waals surface area contributed by atoms with Crippen molar-refractivity contribution in [2.75, 3.05) is 5.73 Å². The minimum atomic E-state index is -4.49. The molecule has 0 fully saturated rings. The first-order valence-corrected chi connectivity index (χ1v) is 10.5. The van der Waals surface area contributed by atoms with Crippen molar-refractivity contribution < 1.29 is 36.2 Å². The van der Waals surface area contributed by atoms with E-state index in [0.717, 1.165) is 12.1 Å². The van der Waals surface area contributed by atoms with Crippen LogP contribution in [0, 0.1) is 0 Å². The van der Waals surface area contributed by atoms with E-state index in [1.165, 1.54) is 12.1 Å². The molecule has 0 unspecified atom stereocenters. The molecule has 150 valence electrons. The lowest BCUT2D eigenvalue weighted by atomic mass is 10.1. The van der Waals surface area contributed by atoms with E-state index in [4.69, 9.17) is 31.5 Å². The Bertz CT molecular complexity index is 1260. The first-order chi connectivity index (χ1) is 12.8. The van der Waals surface area contributed by atoms with Crippen LogP contribution in [0.5, 0.6) is 11.5 Å². The molecule has 28 heavy (non-hydrogen) atoms. The molecule has 0 saturated carbocycles. The Morgan fingerprint density at radius 1 is 0.821 bits per heavy atom. The molecular weight excluding hydrogens is 434 g/mol. The molecule has 0 radical (unpaired) electrons. The molecule has 0 aliphatic heterocycles. The van der Waals surface area contributed by atoms with Crippen LogP contribution in [0.25, 0.3) is 10.8 Å². The number of phenolic OH excluding ortho intramolecular Hbond substituents is 2. The molecule has 0 heterocycles. The molecule has 0 aliphatic carbocycles. The number of anilines is 1. The molecule has 0 saturated heterocycles. The van der Waals surface area contributed by atoms with Gasteiger partial charge in [0.1, 0.15) is 15.5 Å². The number of aromatic hydroxyl groups is 2. The van der Waals surface area contributed by atoms with Crippen molar-refractivity contribution in [3.63, 3.8) is 0 Å². The summed E-state index contributed by atoms with van der Waals surface area (Å²) in [6, 6.07) is 11.1. The fourth-order valence-electron chi connectivity index (χ4n) is 2.26. The third-order valence-corrected chi connectivity index (χ3v) is 5.41. The van der Waals surface area contributed by atoms with Crippen LogP contribution in [-0.2, 0) is 20.2 Å². The molecule has 9 nitrogen and oxygen atoms in total. The second kappa shape index (κ2) is 7.81. The van der Waals surface area contributed by atoms with E-state index in [0.29, 0.717) is 10.8 Å². The molecular formula is C16H14ClNO8S2. The minimum absolute atomic E-state index is 0.0166. The summed E-state index contributed by atoms with van der Waals surface area (Å²) >= 11 is 5.46. The van der Waals surface area contributed by atoms with Gasteiger partial charge in [0.25, 0.3) is 20.2 Å². The third-order valence-electron chi connectivity index (χ3n) is 3.43. The van der Waals surface area contributed by atoms with Crippen molar-refractivity contribution in [1.29, 1.82) is 0 Å². The van der Waals surface area contributed by atoms with E-state index < -0.39 is 30.9 Å². The number of phenols is 2. The summed E-state index contributed by atoms with van der Waals surface area (Å²) in [5, 5.41) is 19.4. The van der Waals surface area contributed by atoms with E-state index in [2.05, 4.69) is 0 Å². The van der Waals surface area contributed by atoms with Crippen LogP contribution in [0.4, 0.5) is 5.69 Å². The van der Waals surface area contributed by atoms with Crippen LogP contribution in [0.2, 0.25) is 5.02 Å². The number of nitrogens with two attached hydrogens (primary N) is 1. The summed E-state index contributed by atoms with van der Waals surface area (Å²) in [7, 11) is -8.80. The van der Waals surface area contributed by atoms with Crippen LogP contribution in [-0.4, -0.2) is 36.2 Å². The number of nitrogen functional groups attached to an aromatic ring is 1. The van der Waals surface area contributed by atoms with Crippen molar-refractivity contribution in [2.45, 2.75) is 9.79 Å². The average molecular weight is 448 g/mol. The van der Waals surface area contributed by atoms with Gasteiger partial charge in [0.2, 0.25) is 0 Å². The normalized spacial score (nSPS) is 11.7. The topological polar surface area (TPSA) is 175 Å². The Morgan fingerprint density at radius 3 is 1.96 bits per heavy atom. The third kappa shape index (κ3) is 5.03. The Labute approximate surface area is 165 Å². The minimum Gasteiger partial charge on any atom is -0.508 e. The molecule has 12 heteroatoms. The second-order valence-corrected chi connectivity index (χ2v) is 8.67. The molecule has 3 aromatic carbocycles. The van der Waals surface area contributed by atoms with Crippen LogP contribution in [0.1, 0.15) is 0 Å². The molecule has 0 aliphatic rings. The monoisotopic (exact) mass is 447 g/mol. The lowest BCUT2D eigenvalue weighted by Crippen LogP contribution is -2.00. The summed E-state index contributed by atoms with van der Waals surface area (Å²) in [6.45, 7) is 0. The highest BCUT2D eigenvalue weighted by Crippen LogP contribution is 2.32. The molecule has 0 aromatic heterocycles. The van der Waals surface area contributed by atoms with E-state index in [1.807, 2.05) is 0 Å². The quantitative estimate of drug-likeness (QED) is 0.224. The number of hydrogen-bond acceptors (Lipinski definition) is 7. The van der Waals surface area contributed by atoms with Crippen LogP contribution >= 0.6 is 11.6 Å². The number of rotatable bonds is 2. The average Bonchev–Trinajstić information content (AvgIpc) is 2.56. The summed E-state index contributed by atoms with van der Waals surface area (Å²) in [5.41, 5.74) is 5.00. The van der Waals surface area contributed by atoms with Gasteiger partial charge in [-0.15, -0.1) is 0 Å². The van der Waals surface area contributed by atoms with Crippen LogP contribution < -0.4 is 5.73 Å². The van der Waals surface area contributed by atoms with Crippen molar-refractivity contribution in [1.82, 2.24) is 0 Å². The highest BCUT2D eigenvalue weighted by atomic mass is 35.5. The van der Waals surface area contributed by atoms with E-state index in [1.54, 1.807) is 24.3 Å². The maximum absolute atomic E-state index is 11.0. The number of halogens is 1. The summed E-state index contributed by atoms with van der Waals surface area (Å²) < 4.78 is 61.0. The number of benzene rings is 3. The predicted molar refractivity (Wildman–Crippen MR) is 103 cm³/mol. The summed E-state index contributed by atoms with van der Waals surface area (Å²) in [5.74, 6) is -0.895. The molecule has 0 amide bonds. The Kier molecular flexibility index (Phi) is 6.06. The lowest BCUT2D eigenvalue weighted by molar-refractivity contribution is 0.445. The maximum Gasteiger partial charge on any atom is 0.298 e. The Balaban J connectivity index is 0.000000203. The fraction of sp³-hybridized carbons (Fsp3) is 0. The molecule has 3 rings (SSSR count). The molecule has 0 atom stereocenters. The fourth-order valence-corrected chi connectivity index (χ4v) is 3.93. The summed E-state index contributed by atoms with van der Waals surface area (Å²) in [6.07, 6.45) is 0. The second-order valence-electron chi connectivity index (χ2n) is 5.46. The Morgan fingerprint density at radius 2 is 1.39 bits per heavy atom. The van der Waals surface area contributed by atoms with Gasteiger partial charge in [-0.3, -0.25) is 9.11 Å². The predicted octanol–water partition coefficient (Wildman–Crippen LogP) is 2.67. The SMILES string of the molecule is Nc1cc(Cl)cc(S(=O)(=O)O)c1O.O=S(=O)(O)c1cc(O)cc2ccccc12. The molecule has 0 spiro atoms. The molecule has 3 aromatic rings. The van der Waals surface area contributed by atoms with Crippen molar-refractivity contribution in [3.05, 3.63) is 53.6 Å². The van der Waals surface area contributed by atoms with E-state index in [9.17, 15) is 21.9 Å². The number of fused-ring (bicyclic) bond motifs is 1. The number of hydrogen-bond donors (Lipinski definition) is 5. The van der Waals surface area contributed by atoms with Crippen LogP contribution in [0.15, 0.2) is 58.3 Å². The van der Waals surface area contributed by atoms with Gasteiger partial charge >= 0.3 is 0 Å². The van der Waals surface area contributed by atoms with Gasteiger partial charge in [-0.2, -0.15) is 16.8 Å². The zero-order valence-corrected chi connectivity index (χ0v) is 16.2. The van der Waals surface area contributed by atoms with Gasteiger partial charge in [0.15, 0.2) is 5.75 Å². The van der Waals surface area contributed by atoms with Gasteiger partial charge in [0.05, 0.1) is 5.69 Å².